The van der Waals surface area contributed by atoms with E-state index in [2.05, 4.69) is 38.8 Å². The molecular formula is C22H20F4N6S. The second kappa shape index (κ2) is 10.8. The molecule has 0 amide bonds. The molecule has 3 aromatic heterocycles. The first-order chi connectivity index (χ1) is 15.8. The monoisotopic (exact) mass is 476 g/mol. The first-order valence-electron chi connectivity index (χ1n) is 9.58. The molecule has 0 radical (unpaired) electrons. The lowest BCUT2D eigenvalue weighted by Gasteiger charge is -2.12. The molecule has 0 spiro atoms. The molecule has 0 fully saturated rings. The van der Waals surface area contributed by atoms with Gasteiger partial charge in [0.1, 0.15) is 0 Å². The maximum atomic E-state index is 12.8. The van der Waals surface area contributed by atoms with Crippen molar-refractivity contribution in [1.29, 1.82) is 0 Å². The van der Waals surface area contributed by atoms with Gasteiger partial charge in [0.2, 0.25) is 6.43 Å². The van der Waals surface area contributed by atoms with Crippen LogP contribution in [0.2, 0.25) is 0 Å². The van der Waals surface area contributed by atoms with Gasteiger partial charge in [-0.3, -0.25) is 5.10 Å². The average Bonchev–Trinajstić information content (AvgIpc) is 3.39. The number of aromatic nitrogens is 5. The predicted molar refractivity (Wildman–Crippen MR) is 123 cm³/mol. The number of fused-ring (bicyclic) bond motifs is 1. The fraction of sp³-hybridized carbons (Fsp3) is 0.136. The summed E-state index contributed by atoms with van der Waals surface area (Å²) >= 11 is 0.489. The van der Waals surface area contributed by atoms with Crippen molar-refractivity contribution in [2.45, 2.75) is 24.0 Å². The highest BCUT2D eigenvalue weighted by Gasteiger charge is 2.16. The van der Waals surface area contributed by atoms with Gasteiger partial charge in [-0.05, 0) is 30.7 Å². The first kappa shape index (κ1) is 24.1. The summed E-state index contributed by atoms with van der Waals surface area (Å²) in [5.41, 5.74) is 4.77. The minimum Gasteiger partial charge on any atom is -0.352 e. The molecule has 3 heterocycles. The van der Waals surface area contributed by atoms with Crippen molar-refractivity contribution in [3.8, 4) is 11.3 Å². The largest absolute Gasteiger partial charge is 0.352 e. The molecular weight excluding hydrogens is 456 g/mol. The number of rotatable bonds is 7. The second-order valence-electron chi connectivity index (χ2n) is 6.56. The summed E-state index contributed by atoms with van der Waals surface area (Å²) in [6, 6.07) is 6.87. The van der Waals surface area contributed by atoms with Crippen LogP contribution in [0.15, 0.2) is 67.1 Å². The Balaban J connectivity index is 0.000000709. The van der Waals surface area contributed by atoms with Gasteiger partial charge < -0.3 is 5.32 Å². The second-order valence-corrected chi connectivity index (χ2v) is 7.62. The molecule has 0 aliphatic heterocycles. The zero-order valence-electron chi connectivity index (χ0n) is 17.5. The number of aromatic amines is 1. The van der Waals surface area contributed by atoms with E-state index >= 15 is 0 Å². The minimum atomic E-state index is -2.50. The highest BCUT2D eigenvalue weighted by atomic mass is 32.2. The number of hydrogen-bond donors (Lipinski definition) is 2. The van der Waals surface area contributed by atoms with E-state index in [1.807, 2.05) is 0 Å². The normalized spacial score (nSPS) is 10.9. The first-order valence-corrected chi connectivity index (χ1v) is 10.5. The number of nitrogens with one attached hydrogen (secondary N) is 2. The smallest absolute Gasteiger partial charge is 0.288 e. The summed E-state index contributed by atoms with van der Waals surface area (Å²) in [6.45, 7) is 8.73. The van der Waals surface area contributed by atoms with Crippen LogP contribution in [0.5, 0.6) is 0 Å². The van der Waals surface area contributed by atoms with Crippen LogP contribution >= 0.6 is 11.8 Å². The summed E-state index contributed by atoms with van der Waals surface area (Å²) in [4.78, 5) is 4.78. The lowest BCUT2D eigenvalue weighted by molar-refractivity contribution is 0.171. The van der Waals surface area contributed by atoms with Crippen molar-refractivity contribution in [2.75, 3.05) is 5.32 Å². The van der Waals surface area contributed by atoms with Gasteiger partial charge in [0, 0.05) is 28.5 Å². The van der Waals surface area contributed by atoms with E-state index in [0.29, 0.717) is 44.9 Å². The number of hydrogen-bond acceptors (Lipinski definition) is 5. The van der Waals surface area contributed by atoms with E-state index in [9.17, 15) is 17.6 Å². The Morgan fingerprint density at radius 1 is 1.24 bits per heavy atom. The molecule has 2 N–H and O–H groups in total. The van der Waals surface area contributed by atoms with Crippen LogP contribution in [0, 0.1) is 0 Å². The fourth-order valence-electron chi connectivity index (χ4n) is 2.96. The summed E-state index contributed by atoms with van der Waals surface area (Å²) in [7, 11) is 0. The van der Waals surface area contributed by atoms with Gasteiger partial charge >= 0.3 is 0 Å². The van der Waals surface area contributed by atoms with Crippen molar-refractivity contribution >= 4 is 34.9 Å². The SMILES string of the molecule is C=Cc1ccc(SC(F)F)cc1-c1[nH]ncc1NC(=C)c1cnn2cccnc12.CC(F)F. The summed E-state index contributed by atoms with van der Waals surface area (Å²) in [5.74, 6) is -2.50. The van der Waals surface area contributed by atoms with Crippen molar-refractivity contribution in [3.63, 3.8) is 0 Å². The molecule has 1 aromatic carbocycles. The van der Waals surface area contributed by atoms with E-state index in [4.69, 9.17) is 0 Å². The molecule has 0 unspecified atom stereocenters. The van der Waals surface area contributed by atoms with Crippen molar-refractivity contribution in [2.24, 2.45) is 0 Å². The van der Waals surface area contributed by atoms with E-state index in [0.717, 1.165) is 18.1 Å². The Morgan fingerprint density at radius 3 is 2.70 bits per heavy atom. The molecule has 0 aliphatic carbocycles. The van der Waals surface area contributed by atoms with E-state index in [-0.39, 0.29) is 0 Å². The maximum absolute atomic E-state index is 12.8. The van der Waals surface area contributed by atoms with Crippen molar-refractivity contribution < 1.29 is 17.6 Å². The molecule has 4 aromatic rings. The number of halogens is 4. The molecule has 0 saturated carbocycles. The summed E-state index contributed by atoms with van der Waals surface area (Å²) in [5, 5.41) is 14.5. The van der Waals surface area contributed by atoms with Gasteiger partial charge in [-0.25, -0.2) is 18.3 Å². The third-order valence-corrected chi connectivity index (χ3v) is 4.97. The molecule has 6 nitrogen and oxygen atoms in total. The molecule has 0 aliphatic rings. The lowest BCUT2D eigenvalue weighted by atomic mass is 10.0. The van der Waals surface area contributed by atoms with Crippen molar-refractivity contribution in [3.05, 3.63) is 73.3 Å². The van der Waals surface area contributed by atoms with Gasteiger partial charge in [-0.2, -0.15) is 19.0 Å². The van der Waals surface area contributed by atoms with Crippen LogP contribution in [-0.2, 0) is 0 Å². The van der Waals surface area contributed by atoms with Crippen LogP contribution in [0.3, 0.4) is 0 Å². The topological polar surface area (TPSA) is 70.9 Å². The van der Waals surface area contributed by atoms with E-state index in [1.54, 1.807) is 59.6 Å². The van der Waals surface area contributed by atoms with Crippen LogP contribution in [-0.4, -0.2) is 37.0 Å². The third kappa shape index (κ3) is 6.01. The Hall–Kier alpha value is -3.60. The van der Waals surface area contributed by atoms with Crippen LogP contribution in [0.1, 0.15) is 18.1 Å². The highest BCUT2D eigenvalue weighted by molar-refractivity contribution is 7.99. The van der Waals surface area contributed by atoms with Gasteiger partial charge in [0.25, 0.3) is 5.76 Å². The fourth-order valence-corrected chi connectivity index (χ4v) is 3.50. The number of anilines is 1. The number of thioether (sulfide) groups is 1. The lowest BCUT2D eigenvalue weighted by Crippen LogP contribution is -1.99. The minimum absolute atomic E-state index is 0.451. The molecule has 4 rings (SSSR count). The Bertz CT molecular complexity index is 1250. The molecule has 0 bridgehead atoms. The van der Waals surface area contributed by atoms with E-state index < -0.39 is 12.2 Å². The zero-order chi connectivity index (χ0) is 24.0. The highest BCUT2D eigenvalue weighted by Crippen LogP contribution is 2.35. The van der Waals surface area contributed by atoms with Crippen LogP contribution in [0.4, 0.5) is 23.2 Å². The number of benzene rings is 1. The van der Waals surface area contributed by atoms with Gasteiger partial charge in [-0.15, -0.1) is 0 Å². The van der Waals surface area contributed by atoms with Crippen molar-refractivity contribution in [1.82, 2.24) is 24.8 Å². The molecule has 0 saturated heterocycles. The van der Waals surface area contributed by atoms with E-state index in [1.165, 1.54) is 0 Å². The Labute approximate surface area is 191 Å². The standard InChI is InChI=1S/C20H16F2N6S.C2H4F2/c1-3-13-5-6-14(29-20(21)22)9-15(13)18-17(11-24-27-18)26-12(2)16-10-25-28-8-4-7-23-19(16)28;1-2(3)4/h3-11,20,26H,1-2H2,(H,24,27);2H,1H3. The van der Waals surface area contributed by atoms with Gasteiger partial charge in [-0.1, -0.05) is 37.1 Å². The van der Waals surface area contributed by atoms with Crippen LogP contribution in [0.25, 0.3) is 28.7 Å². The average molecular weight is 477 g/mol. The zero-order valence-corrected chi connectivity index (χ0v) is 18.3. The van der Waals surface area contributed by atoms with Gasteiger partial charge in [0.15, 0.2) is 5.65 Å². The molecule has 33 heavy (non-hydrogen) atoms. The molecule has 0 atom stereocenters. The quantitative estimate of drug-likeness (QED) is 0.238. The Morgan fingerprint density at radius 2 is 2.00 bits per heavy atom. The van der Waals surface area contributed by atoms with Gasteiger partial charge in [0.05, 0.1) is 29.3 Å². The number of nitrogens with zero attached hydrogens (tertiary/aromatic N) is 4. The Kier molecular flexibility index (Phi) is 7.88. The number of H-pyrrole nitrogens is 1. The maximum Gasteiger partial charge on any atom is 0.288 e. The summed E-state index contributed by atoms with van der Waals surface area (Å²) in [6.07, 6.45) is 6.26. The molecule has 172 valence electrons. The number of alkyl halides is 4. The van der Waals surface area contributed by atoms with Crippen LogP contribution < -0.4 is 5.32 Å². The molecule has 11 heteroatoms. The predicted octanol–water partition coefficient (Wildman–Crippen LogP) is 6.43. The summed E-state index contributed by atoms with van der Waals surface area (Å²) < 4.78 is 47.9. The third-order valence-electron chi connectivity index (χ3n) is 4.27.